The van der Waals surface area contributed by atoms with Gasteiger partial charge in [0.25, 0.3) is 0 Å². The molecular weight excluding hydrogens is 755 g/mol. The van der Waals surface area contributed by atoms with Gasteiger partial charge in [-0.05, 0) is 65.2 Å². The van der Waals surface area contributed by atoms with Gasteiger partial charge in [-0.15, -0.1) is 0 Å². The standard InChI is InChI=1S/C57H37N5/c1-3-16-38(17-4-1)42-34-35-54(62-52-28-13-9-24-47(52)48-25-10-14-29-53(48)62)49(37-42)39-30-32-41(33-31-39)56-58-55(40-18-5-2-6-19-40)59-57(60-56)43-20-15-21-44(36-43)61-50-26-11-7-22-45(50)46-23-8-12-27-51(46)61/h1-37H. The van der Waals surface area contributed by atoms with E-state index in [-0.39, 0.29) is 0 Å². The van der Waals surface area contributed by atoms with Crippen LogP contribution in [0.5, 0.6) is 0 Å². The molecular formula is C57H37N5. The largest absolute Gasteiger partial charge is 0.309 e. The minimum atomic E-state index is 0.614. The van der Waals surface area contributed by atoms with Gasteiger partial charge in [0.2, 0.25) is 0 Å². The van der Waals surface area contributed by atoms with Crippen LogP contribution in [-0.4, -0.2) is 24.1 Å². The molecule has 5 heteroatoms. The summed E-state index contributed by atoms with van der Waals surface area (Å²) in [5.41, 5.74) is 14.1. The first kappa shape index (κ1) is 35.5. The molecule has 0 amide bonds. The molecule has 0 N–H and O–H groups in total. The van der Waals surface area contributed by atoms with E-state index in [0.717, 1.165) is 55.8 Å². The van der Waals surface area contributed by atoms with E-state index in [0.29, 0.717) is 17.5 Å². The second kappa shape index (κ2) is 14.7. The van der Waals surface area contributed by atoms with Crippen molar-refractivity contribution in [2.75, 3.05) is 0 Å². The van der Waals surface area contributed by atoms with E-state index in [1.165, 1.54) is 38.1 Å². The van der Waals surface area contributed by atoms with Gasteiger partial charge in [-0.2, -0.15) is 0 Å². The highest BCUT2D eigenvalue weighted by Crippen LogP contribution is 2.39. The lowest BCUT2D eigenvalue weighted by atomic mass is 9.96. The number of nitrogens with zero attached hydrogens (tertiary/aromatic N) is 5. The molecule has 62 heavy (non-hydrogen) atoms. The van der Waals surface area contributed by atoms with Crippen LogP contribution in [0.3, 0.4) is 0 Å². The fourth-order valence-electron chi connectivity index (χ4n) is 9.09. The molecule has 0 radical (unpaired) electrons. The van der Waals surface area contributed by atoms with Crippen molar-refractivity contribution < 1.29 is 0 Å². The van der Waals surface area contributed by atoms with Crippen LogP contribution in [0, 0.1) is 0 Å². The summed E-state index contributed by atoms with van der Waals surface area (Å²) in [6.45, 7) is 0. The van der Waals surface area contributed by atoms with Crippen LogP contribution in [-0.2, 0) is 0 Å². The normalized spacial score (nSPS) is 11.5. The average molecular weight is 792 g/mol. The molecule has 3 heterocycles. The van der Waals surface area contributed by atoms with Gasteiger partial charge >= 0.3 is 0 Å². The molecule has 5 nitrogen and oxygen atoms in total. The van der Waals surface area contributed by atoms with Crippen LogP contribution in [0.25, 0.3) is 111 Å². The number of benzene rings is 9. The van der Waals surface area contributed by atoms with Crippen LogP contribution in [0.4, 0.5) is 0 Å². The molecule has 3 aromatic heterocycles. The minimum Gasteiger partial charge on any atom is -0.309 e. The lowest BCUT2D eigenvalue weighted by Gasteiger charge is -2.16. The van der Waals surface area contributed by atoms with Crippen LogP contribution in [0.2, 0.25) is 0 Å². The Bertz CT molecular complexity index is 3520. The number of rotatable bonds is 7. The third-order valence-electron chi connectivity index (χ3n) is 12.0. The van der Waals surface area contributed by atoms with E-state index in [4.69, 9.17) is 15.0 Å². The number of fused-ring (bicyclic) bond motifs is 6. The molecule has 290 valence electrons. The van der Waals surface area contributed by atoms with Crippen molar-refractivity contribution in [1.29, 1.82) is 0 Å². The van der Waals surface area contributed by atoms with Crippen LogP contribution in [0.15, 0.2) is 224 Å². The van der Waals surface area contributed by atoms with Gasteiger partial charge < -0.3 is 9.13 Å². The zero-order chi connectivity index (χ0) is 41.0. The number of hydrogen-bond acceptors (Lipinski definition) is 3. The van der Waals surface area contributed by atoms with Crippen molar-refractivity contribution in [3.8, 4) is 67.8 Å². The number of para-hydroxylation sites is 4. The third-order valence-corrected chi connectivity index (χ3v) is 12.0. The molecule has 0 saturated carbocycles. The van der Waals surface area contributed by atoms with Crippen LogP contribution in [0.1, 0.15) is 0 Å². The molecule has 0 unspecified atom stereocenters. The maximum absolute atomic E-state index is 5.19. The van der Waals surface area contributed by atoms with E-state index >= 15 is 0 Å². The predicted molar refractivity (Wildman–Crippen MR) is 256 cm³/mol. The zero-order valence-electron chi connectivity index (χ0n) is 33.6. The highest BCUT2D eigenvalue weighted by atomic mass is 15.0. The second-order valence-corrected chi connectivity index (χ2v) is 15.6. The predicted octanol–water partition coefficient (Wildman–Crippen LogP) is 14.4. The Hall–Kier alpha value is -8.41. The van der Waals surface area contributed by atoms with Crippen molar-refractivity contribution in [3.05, 3.63) is 224 Å². The van der Waals surface area contributed by atoms with E-state index in [1.54, 1.807) is 0 Å². The minimum absolute atomic E-state index is 0.614. The van der Waals surface area contributed by atoms with E-state index in [1.807, 2.05) is 18.2 Å². The Morgan fingerprint density at radius 1 is 0.258 bits per heavy atom. The number of aromatic nitrogens is 5. The van der Waals surface area contributed by atoms with Crippen molar-refractivity contribution in [3.63, 3.8) is 0 Å². The molecule has 12 aromatic rings. The summed E-state index contributed by atoms with van der Waals surface area (Å²) < 4.78 is 4.73. The third kappa shape index (κ3) is 5.98. The molecule has 0 fully saturated rings. The van der Waals surface area contributed by atoms with E-state index in [9.17, 15) is 0 Å². The Morgan fingerprint density at radius 2 is 0.661 bits per heavy atom. The summed E-state index contributed by atoms with van der Waals surface area (Å²) in [6.07, 6.45) is 0. The monoisotopic (exact) mass is 791 g/mol. The SMILES string of the molecule is c1ccc(-c2ccc(-n3c4ccccc4c4ccccc43)c(-c3ccc(-c4nc(-c5ccccc5)nc(-c5cccc(-n6c7ccccc7c7ccccc76)c5)n4)cc3)c2)cc1. The van der Waals surface area contributed by atoms with Gasteiger partial charge in [-0.3, -0.25) is 0 Å². The molecule has 0 aliphatic carbocycles. The first-order valence-corrected chi connectivity index (χ1v) is 20.9. The summed E-state index contributed by atoms with van der Waals surface area (Å²) in [4.78, 5) is 15.4. The van der Waals surface area contributed by atoms with Crippen molar-refractivity contribution >= 4 is 43.6 Å². The summed E-state index contributed by atoms with van der Waals surface area (Å²) in [6, 6.07) is 79.3. The van der Waals surface area contributed by atoms with Gasteiger partial charge in [0.05, 0.1) is 27.8 Å². The van der Waals surface area contributed by atoms with E-state index < -0.39 is 0 Å². The molecule has 0 saturated heterocycles. The van der Waals surface area contributed by atoms with Crippen LogP contribution < -0.4 is 0 Å². The molecule has 9 aromatic carbocycles. The molecule has 0 bridgehead atoms. The van der Waals surface area contributed by atoms with Gasteiger partial charge in [0.1, 0.15) is 0 Å². The smallest absolute Gasteiger partial charge is 0.164 e. The first-order chi connectivity index (χ1) is 30.7. The number of hydrogen-bond donors (Lipinski definition) is 0. The summed E-state index contributed by atoms with van der Waals surface area (Å²) in [7, 11) is 0. The highest BCUT2D eigenvalue weighted by Gasteiger charge is 2.19. The maximum Gasteiger partial charge on any atom is 0.164 e. The fraction of sp³-hybridized carbons (Fsp3) is 0. The molecule has 0 aliphatic rings. The maximum atomic E-state index is 5.19. The molecule has 12 rings (SSSR count). The molecule has 0 spiro atoms. The van der Waals surface area contributed by atoms with Crippen molar-refractivity contribution in [2.45, 2.75) is 0 Å². The molecule has 0 atom stereocenters. The Labute approximate surface area is 358 Å². The Morgan fingerprint density at radius 3 is 1.21 bits per heavy atom. The quantitative estimate of drug-likeness (QED) is 0.162. The average Bonchev–Trinajstić information content (AvgIpc) is 3.87. The van der Waals surface area contributed by atoms with Gasteiger partial charge in [0, 0.05) is 49.5 Å². The summed E-state index contributed by atoms with van der Waals surface area (Å²) in [5.74, 6) is 1.86. The lowest BCUT2D eigenvalue weighted by molar-refractivity contribution is 1.07. The van der Waals surface area contributed by atoms with Gasteiger partial charge in [-0.1, -0.05) is 176 Å². The Kier molecular flexibility index (Phi) is 8.42. The molecule has 0 aliphatic heterocycles. The summed E-state index contributed by atoms with van der Waals surface area (Å²) in [5, 5.41) is 4.91. The van der Waals surface area contributed by atoms with Crippen molar-refractivity contribution in [1.82, 2.24) is 24.1 Å². The van der Waals surface area contributed by atoms with Crippen molar-refractivity contribution in [2.24, 2.45) is 0 Å². The van der Waals surface area contributed by atoms with E-state index in [2.05, 4.69) is 215 Å². The Balaban J connectivity index is 1.000. The zero-order valence-corrected chi connectivity index (χ0v) is 33.6. The van der Waals surface area contributed by atoms with Gasteiger partial charge in [0.15, 0.2) is 17.5 Å². The second-order valence-electron chi connectivity index (χ2n) is 15.6. The van der Waals surface area contributed by atoms with Crippen LogP contribution >= 0.6 is 0 Å². The van der Waals surface area contributed by atoms with Gasteiger partial charge in [-0.25, -0.2) is 15.0 Å². The highest BCUT2D eigenvalue weighted by molar-refractivity contribution is 6.10. The summed E-state index contributed by atoms with van der Waals surface area (Å²) >= 11 is 0. The topological polar surface area (TPSA) is 48.5 Å². The fourth-order valence-corrected chi connectivity index (χ4v) is 9.09. The lowest BCUT2D eigenvalue weighted by Crippen LogP contribution is -2.01. The first-order valence-electron chi connectivity index (χ1n) is 20.9.